The maximum Gasteiger partial charge on any atom is 0.255 e. The highest BCUT2D eigenvalue weighted by Crippen LogP contribution is 2.29. The maximum atomic E-state index is 12.2. The number of carbonyl (C=O) groups is 1. The van der Waals surface area contributed by atoms with E-state index in [1.165, 1.54) is 12.8 Å². The summed E-state index contributed by atoms with van der Waals surface area (Å²) in [6.45, 7) is 4.46. The molecule has 0 aliphatic heterocycles. The zero-order chi connectivity index (χ0) is 13.1. The molecule has 0 bridgehead atoms. The molecule has 0 aromatic carbocycles. The fourth-order valence-corrected chi connectivity index (χ4v) is 2.64. The number of nitrogen functional groups attached to an aromatic ring is 1. The molecule has 4 heteroatoms. The number of anilines is 1. The molecule has 1 saturated carbocycles. The van der Waals surface area contributed by atoms with Crippen LogP contribution < -0.4 is 11.1 Å². The van der Waals surface area contributed by atoms with Gasteiger partial charge >= 0.3 is 0 Å². The van der Waals surface area contributed by atoms with Crippen LogP contribution in [-0.2, 0) is 0 Å². The molecule has 1 heterocycles. The Morgan fingerprint density at radius 3 is 2.94 bits per heavy atom. The van der Waals surface area contributed by atoms with Gasteiger partial charge in [0.2, 0.25) is 0 Å². The smallest absolute Gasteiger partial charge is 0.255 e. The van der Waals surface area contributed by atoms with Gasteiger partial charge in [-0.05, 0) is 30.4 Å². The van der Waals surface area contributed by atoms with E-state index in [9.17, 15) is 4.79 Å². The van der Waals surface area contributed by atoms with Gasteiger partial charge in [-0.25, -0.2) is 4.98 Å². The van der Waals surface area contributed by atoms with Crippen molar-refractivity contribution in [3.8, 4) is 0 Å². The van der Waals surface area contributed by atoms with Crippen molar-refractivity contribution in [1.82, 2.24) is 10.3 Å². The number of hydrogen-bond donors (Lipinski definition) is 2. The Labute approximate surface area is 108 Å². The predicted molar refractivity (Wildman–Crippen MR) is 72.1 cm³/mol. The average molecular weight is 247 g/mol. The molecule has 98 valence electrons. The van der Waals surface area contributed by atoms with E-state index < -0.39 is 0 Å². The average Bonchev–Trinajstić information content (AvgIpc) is 2.35. The van der Waals surface area contributed by atoms with Crippen LogP contribution in [-0.4, -0.2) is 16.9 Å². The highest BCUT2D eigenvalue weighted by molar-refractivity contribution is 5.98. The van der Waals surface area contributed by atoms with Crippen LogP contribution in [0.15, 0.2) is 18.3 Å². The standard InChI is InChI=1S/C14H21N3O/c1-9-5-3-7-12(10(9)2)17-14(18)11-6-4-8-16-13(11)15/h4,6,8-10,12H,3,5,7H2,1-2H3,(H2,15,16)(H,17,18). The predicted octanol–water partition coefficient (Wildman–Crippen LogP) is 2.22. The maximum absolute atomic E-state index is 12.2. The second-order valence-electron chi connectivity index (χ2n) is 5.28. The van der Waals surface area contributed by atoms with Crippen LogP contribution in [0.3, 0.4) is 0 Å². The fourth-order valence-electron chi connectivity index (χ4n) is 2.64. The van der Waals surface area contributed by atoms with Gasteiger partial charge in [-0.1, -0.05) is 26.7 Å². The quantitative estimate of drug-likeness (QED) is 0.842. The molecule has 3 N–H and O–H groups in total. The summed E-state index contributed by atoms with van der Waals surface area (Å²) in [5, 5.41) is 3.10. The summed E-state index contributed by atoms with van der Waals surface area (Å²) < 4.78 is 0. The first kappa shape index (κ1) is 12.9. The molecule has 0 radical (unpaired) electrons. The van der Waals surface area contributed by atoms with Crippen molar-refractivity contribution in [1.29, 1.82) is 0 Å². The third-order valence-corrected chi connectivity index (χ3v) is 4.11. The minimum absolute atomic E-state index is 0.105. The van der Waals surface area contributed by atoms with Crippen LogP contribution in [0.4, 0.5) is 5.82 Å². The van der Waals surface area contributed by atoms with Crippen molar-refractivity contribution in [2.24, 2.45) is 11.8 Å². The van der Waals surface area contributed by atoms with E-state index in [4.69, 9.17) is 5.73 Å². The topological polar surface area (TPSA) is 68.0 Å². The molecule has 18 heavy (non-hydrogen) atoms. The van der Waals surface area contributed by atoms with Crippen LogP contribution in [0.1, 0.15) is 43.5 Å². The van der Waals surface area contributed by atoms with Gasteiger partial charge in [0.05, 0.1) is 5.56 Å². The van der Waals surface area contributed by atoms with Gasteiger partial charge in [0, 0.05) is 12.2 Å². The van der Waals surface area contributed by atoms with E-state index in [1.807, 2.05) is 0 Å². The van der Waals surface area contributed by atoms with Crippen LogP contribution >= 0.6 is 0 Å². The Morgan fingerprint density at radius 1 is 1.44 bits per heavy atom. The molecular formula is C14H21N3O. The first-order valence-electron chi connectivity index (χ1n) is 6.61. The molecule has 1 fully saturated rings. The molecule has 1 aromatic rings. The van der Waals surface area contributed by atoms with E-state index >= 15 is 0 Å². The number of nitrogens with two attached hydrogens (primary N) is 1. The number of nitrogens with zero attached hydrogens (tertiary/aromatic N) is 1. The molecule has 3 unspecified atom stereocenters. The fraction of sp³-hybridized carbons (Fsp3) is 0.571. The van der Waals surface area contributed by atoms with Gasteiger partial charge in [-0.15, -0.1) is 0 Å². The number of rotatable bonds is 2. The summed E-state index contributed by atoms with van der Waals surface area (Å²) in [5.41, 5.74) is 6.19. The van der Waals surface area contributed by atoms with E-state index in [2.05, 4.69) is 24.1 Å². The van der Waals surface area contributed by atoms with Gasteiger partial charge in [0.1, 0.15) is 5.82 Å². The summed E-state index contributed by atoms with van der Waals surface area (Å²) in [7, 11) is 0. The number of hydrogen-bond acceptors (Lipinski definition) is 3. The molecule has 1 aliphatic carbocycles. The SMILES string of the molecule is CC1CCCC(NC(=O)c2cccnc2N)C1C. The molecular weight excluding hydrogens is 226 g/mol. The Kier molecular flexibility index (Phi) is 3.84. The van der Waals surface area contributed by atoms with Gasteiger partial charge < -0.3 is 11.1 Å². The molecule has 1 aliphatic rings. The van der Waals surface area contributed by atoms with Crippen molar-refractivity contribution < 1.29 is 4.79 Å². The highest BCUT2D eigenvalue weighted by Gasteiger charge is 2.28. The summed E-state index contributed by atoms with van der Waals surface area (Å²) >= 11 is 0. The van der Waals surface area contributed by atoms with Crippen molar-refractivity contribution in [2.75, 3.05) is 5.73 Å². The zero-order valence-electron chi connectivity index (χ0n) is 11.0. The number of carbonyl (C=O) groups excluding carboxylic acids is 1. The first-order chi connectivity index (χ1) is 8.59. The zero-order valence-corrected chi connectivity index (χ0v) is 11.0. The van der Waals surface area contributed by atoms with E-state index in [1.54, 1.807) is 18.3 Å². The largest absolute Gasteiger partial charge is 0.383 e. The molecule has 1 aromatic heterocycles. The third-order valence-electron chi connectivity index (χ3n) is 4.11. The number of aromatic nitrogens is 1. The molecule has 0 spiro atoms. The molecule has 2 rings (SSSR count). The van der Waals surface area contributed by atoms with Crippen molar-refractivity contribution in [2.45, 2.75) is 39.2 Å². The first-order valence-corrected chi connectivity index (χ1v) is 6.61. The Balaban J connectivity index is 2.05. The van der Waals surface area contributed by atoms with Crippen LogP contribution in [0.25, 0.3) is 0 Å². The number of nitrogens with one attached hydrogen (secondary N) is 1. The van der Waals surface area contributed by atoms with Crippen molar-refractivity contribution in [3.63, 3.8) is 0 Å². The van der Waals surface area contributed by atoms with E-state index in [0.29, 0.717) is 23.2 Å². The van der Waals surface area contributed by atoms with Gasteiger partial charge in [0.15, 0.2) is 0 Å². The van der Waals surface area contributed by atoms with E-state index in [0.717, 1.165) is 6.42 Å². The van der Waals surface area contributed by atoms with Crippen LogP contribution in [0.5, 0.6) is 0 Å². The van der Waals surface area contributed by atoms with Gasteiger partial charge in [-0.3, -0.25) is 4.79 Å². The lowest BCUT2D eigenvalue weighted by Gasteiger charge is -2.34. The lowest BCUT2D eigenvalue weighted by atomic mass is 9.78. The summed E-state index contributed by atoms with van der Waals surface area (Å²) in [6, 6.07) is 3.70. The lowest BCUT2D eigenvalue weighted by molar-refractivity contribution is 0.0891. The lowest BCUT2D eigenvalue weighted by Crippen LogP contribution is -2.43. The highest BCUT2D eigenvalue weighted by atomic mass is 16.1. The molecule has 0 saturated heterocycles. The molecule has 3 atom stereocenters. The summed E-state index contributed by atoms with van der Waals surface area (Å²) in [4.78, 5) is 16.1. The van der Waals surface area contributed by atoms with Crippen molar-refractivity contribution >= 4 is 11.7 Å². The second kappa shape index (κ2) is 5.38. The van der Waals surface area contributed by atoms with Crippen LogP contribution in [0.2, 0.25) is 0 Å². The summed E-state index contributed by atoms with van der Waals surface area (Å²) in [6.07, 6.45) is 5.08. The molecule has 1 amide bonds. The minimum atomic E-state index is -0.105. The van der Waals surface area contributed by atoms with E-state index in [-0.39, 0.29) is 11.9 Å². The number of amides is 1. The van der Waals surface area contributed by atoms with Gasteiger partial charge in [0.25, 0.3) is 5.91 Å². The Hall–Kier alpha value is -1.58. The minimum Gasteiger partial charge on any atom is -0.383 e. The Bertz CT molecular complexity index is 433. The third kappa shape index (κ3) is 2.63. The second-order valence-corrected chi connectivity index (χ2v) is 5.28. The molecule has 4 nitrogen and oxygen atoms in total. The Morgan fingerprint density at radius 2 is 2.22 bits per heavy atom. The number of pyridine rings is 1. The monoisotopic (exact) mass is 247 g/mol. The van der Waals surface area contributed by atoms with Crippen LogP contribution in [0, 0.1) is 11.8 Å². The summed E-state index contributed by atoms with van der Waals surface area (Å²) in [5.74, 6) is 1.37. The van der Waals surface area contributed by atoms with Crippen molar-refractivity contribution in [3.05, 3.63) is 23.9 Å². The van der Waals surface area contributed by atoms with Gasteiger partial charge in [-0.2, -0.15) is 0 Å². The normalized spacial score (nSPS) is 27.8.